The van der Waals surface area contributed by atoms with E-state index in [1.165, 1.54) is 18.2 Å². The van der Waals surface area contributed by atoms with Crippen LogP contribution in [0.4, 0.5) is 0 Å². The van der Waals surface area contributed by atoms with Crippen molar-refractivity contribution in [3.05, 3.63) is 59.9 Å². The molecule has 1 aromatic heterocycles. The SMILES string of the molecule is CCOC(CNC(=O)c1cccc(S(C)(=O)=O)c1)(OCC)c1ccncc1. The lowest BCUT2D eigenvalue weighted by atomic mass is 10.1. The Bertz CT molecular complexity index is 863. The monoisotopic (exact) mass is 392 g/mol. The van der Waals surface area contributed by atoms with E-state index in [2.05, 4.69) is 10.3 Å². The van der Waals surface area contributed by atoms with Crippen molar-refractivity contribution in [3.63, 3.8) is 0 Å². The second kappa shape index (κ2) is 9.07. The molecule has 2 aromatic rings. The van der Waals surface area contributed by atoms with E-state index >= 15 is 0 Å². The van der Waals surface area contributed by atoms with Crippen LogP contribution in [0.2, 0.25) is 0 Å². The Hall–Kier alpha value is -2.29. The predicted molar refractivity (Wildman–Crippen MR) is 101 cm³/mol. The molecule has 8 heteroatoms. The molecular weight excluding hydrogens is 368 g/mol. The topological polar surface area (TPSA) is 94.6 Å². The summed E-state index contributed by atoms with van der Waals surface area (Å²) in [7, 11) is -3.40. The summed E-state index contributed by atoms with van der Waals surface area (Å²) in [6.07, 6.45) is 4.35. The van der Waals surface area contributed by atoms with Gasteiger partial charge in [0, 0.05) is 43.0 Å². The number of hydrogen-bond acceptors (Lipinski definition) is 6. The highest BCUT2D eigenvalue weighted by atomic mass is 32.2. The number of nitrogens with zero attached hydrogens (tertiary/aromatic N) is 1. The number of sulfone groups is 1. The molecule has 0 saturated carbocycles. The first-order valence-electron chi connectivity index (χ1n) is 8.59. The Morgan fingerprint density at radius 3 is 2.30 bits per heavy atom. The third-order valence-electron chi connectivity index (χ3n) is 3.88. The van der Waals surface area contributed by atoms with Crippen LogP contribution in [-0.2, 0) is 25.1 Å². The standard InChI is InChI=1S/C19H24N2O5S/c1-4-25-19(26-5-2,16-9-11-20-12-10-16)14-21-18(22)15-7-6-8-17(13-15)27(3,23)24/h6-13H,4-5,14H2,1-3H3,(H,21,22). The van der Waals surface area contributed by atoms with Crippen LogP contribution in [0.3, 0.4) is 0 Å². The minimum Gasteiger partial charge on any atom is -0.346 e. The largest absolute Gasteiger partial charge is 0.346 e. The van der Waals surface area contributed by atoms with E-state index in [0.29, 0.717) is 13.2 Å². The molecule has 1 N–H and O–H groups in total. The number of pyridine rings is 1. The van der Waals surface area contributed by atoms with Gasteiger partial charge in [0.05, 0.1) is 11.4 Å². The van der Waals surface area contributed by atoms with Gasteiger partial charge in [-0.05, 0) is 44.2 Å². The first-order chi connectivity index (χ1) is 12.8. The van der Waals surface area contributed by atoms with E-state index < -0.39 is 21.5 Å². The Morgan fingerprint density at radius 2 is 1.74 bits per heavy atom. The molecule has 1 heterocycles. The van der Waals surface area contributed by atoms with Crippen LogP contribution in [0.5, 0.6) is 0 Å². The van der Waals surface area contributed by atoms with Crippen molar-refractivity contribution >= 4 is 15.7 Å². The number of nitrogens with one attached hydrogen (secondary N) is 1. The van der Waals surface area contributed by atoms with Gasteiger partial charge in [0.1, 0.15) is 0 Å². The molecule has 0 aliphatic carbocycles. The summed E-state index contributed by atoms with van der Waals surface area (Å²) in [6.45, 7) is 4.49. The van der Waals surface area contributed by atoms with Crippen molar-refractivity contribution in [2.45, 2.75) is 24.5 Å². The molecule has 0 aliphatic heterocycles. The molecular formula is C19H24N2O5S. The van der Waals surface area contributed by atoms with Crippen LogP contribution in [-0.4, -0.2) is 45.3 Å². The molecule has 0 unspecified atom stereocenters. The fraction of sp³-hybridized carbons (Fsp3) is 0.368. The summed E-state index contributed by atoms with van der Waals surface area (Å²) in [5, 5.41) is 2.78. The zero-order chi connectivity index (χ0) is 19.9. The van der Waals surface area contributed by atoms with Crippen LogP contribution >= 0.6 is 0 Å². The van der Waals surface area contributed by atoms with Gasteiger partial charge in [-0.15, -0.1) is 0 Å². The minimum absolute atomic E-state index is 0.0562. The molecule has 0 radical (unpaired) electrons. The Labute approximate surface area is 159 Å². The van der Waals surface area contributed by atoms with E-state index in [1.54, 1.807) is 30.6 Å². The van der Waals surface area contributed by atoms with Crippen LogP contribution in [0, 0.1) is 0 Å². The molecule has 2 rings (SSSR count). The number of benzene rings is 1. The molecule has 146 valence electrons. The lowest BCUT2D eigenvalue weighted by Crippen LogP contribution is -2.45. The summed E-state index contributed by atoms with van der Waals surface area (Å²) in [4.78, 5) is 16.7. The van der Waals surface area contributed by atoms with Crippen molar-refractivity contribution in [1.82, 2.24) is 10.3 Å². The molecule has 0 aliphatic rings. The number of rotatable bonds is 9. The molecule has 1 amide bonds. The molecule has 0 saturated heterocycles. The summed E-state index contributed by atoms with van der Waals surface area (Å²) in [5.41, 5.74) is 0.973. The first-order valence-corrected chi connectivity index (χ1v) is 10.5. The quantitative estimate of drug-likeness (QED) is 0.657. The molecule has 0 spiro atoms. The zero-order valence-corrected chi connectivity index (χ0v) is 16.5. The average Bonchev–Trinajstić information content (AvgIpc) is 2.66. The first kappa shape index (κ1) is 21.0. The maximum absolute atomic E-state index is 12.6. The molecule has 1 aromatic carbocycles. The average molecular weight is 392 g/mol. The lowest BCUT2D eigenvalue weighted by Gasteiger charge is -2.33. The van der Waals surface area contributed by atoms with E-state index in [4.69, 9.17) is 9.47 Å². The zero-order valence-electron chi connectivity index (χ0n) is 15.6. The van der Waals surface area contributed by atoms with Gasteiger partial charge >= 0.3 is 0 Å². The van der Waals surface area contributed by atoms with Gasteiger partial charge in [-0.2, -0.15) is 0 Å². The maximum Gasteiger partial charge on any atom is 0.251 e. The van der Waals surface area contributed by atoms with Crippen molar-refractivity contribution < 1.29 is 22.7 Å². The van der Waals surface area contributed by atoms with Crippen LogP contribution < -0.4 is 5.32 Å². The second-order valence-electron chi connectivity index (χ2n) is 5.84. The molecule has 27 heavy (non-hydrogen) atoms. The number of carbonyl (C=O) groups is 1. The van der Waals surface area contributed by atoms with E-state index in [0.717, 1.165) is 11.8 Å². The van der Waals surface area contributed by atoms with E-state index in [1.807, 2.05) is 13.8 Å². The summed E-state index contributed by atoms with van der Waals surface area (Å²) in [5.74, 6) is -1.57. The number of hydrogen-bond donors (Lipinski definition) is 1. The van der Waals surface area contributed by atoms with Gasteiger partial charge < -0.3 is 14.8 Å². The second-order valence-corrected chi connectivity index (χ2v) is 7.85. The number of carbonyl (C=O) groups excluding carboxylic acids is 1. The Balaban J connectivity index is 2.25. The lowest BCUT2D eigenvalue weighted by molar-refractivity contribution is -0.237. The minimum atomic E-state index is -3.40. The molecule has 0 bridgehead atoms. The van der Waals surface area contributed by atoms with Crippen LogP contribution in [0.15, 0.2) is 53.7 Å². The van der Waals surface area contributed by atoms with Crippen molar-refractivity contribution in [2.24, 2.45) is 0 Å². The smallest absolute Gasteiger partial charge is 0.251 e. The van der Waals surface area contributed by atoms with Crippen molar-refractivity contribution in [1.29, 1.82) is 0 Å². The van der Waals surface area contributed by atoms with Gasteiger partial charge in [0.15, 0.2) is 9.84 Å². The van der Waals surface area contributed by atoms with Gasteiger partial charge in [-0.3, -0.25) is 9.78 Å². The molecule has 0 fully saturated rings. The highest BCUT2D eigenvalue weighted by Crippen LogP contribution is 2.26. The van der Waals surface area contributed by atoms with Gasteiger partial charge in [-0.1, -0.05) is 6.07 Å². The molecule has 7 nitrogen and oxygen atoms in total. The predicted octanol–water partition coefficient (Wildman–Crippen LogP) is 2.14. The number of amides is 1. The highest BCUT2D eigenvalue weighted by molar-refractivity contribution is 7.90. The van der Waals surface area contributed by atoms with Crippen molar-refractivity contribution in [3.8, 4) is 0 Å². The summed E-state index contributed by atoms with van der Waals surface area (Å²) >= 11 is 0. The summed E-state index contributed by atoms with van der Waals surface area (Å²) < 4.78 is 35.1. The van der Waals surface area contributed by atoms with E-state index in [-0.39, 0.29) is 17.0 Å². The Kier molecular flexibility index (Phi) is 7.06. The maximum atomic E-state index is 12.6. The van der Waals surface area contributed by atoms with Crippen LogP contribution in [0.25, 0.3) is 0 Å². The highest BCUT2D eigenvalue weighted by Gasteiger charge is 2.34. The van der Waals surface area contributed by atoms with Crippen LogP contribution in [0.1, 0.15) is 29.8 Å². The third kappa shape index (κ3) is 5.35. The third-order valence-corrected chi connectivity index (χ3v) is 4.99. The number of aromatic nitrogens is 1. The fourth-order valence-electron chi connectivity index (χ4n) is 2.65. The normalized spacial score (nSPS) is 12.0. The van der Waals surface area contributed by atoms with Gasteiger partial charge in [0.25, 0.3) is 5.91 Å². The number of ether oxygens (including phenoxy) is 2. The Morgan fingerprint density at radius 1 is 1.11 bits per heavy atom. The van der Waals surface area contributed by atoms with E-state index in [9.17, 15) is 13.2 Å². The molecule has 0 atom stereocenters. The van der Waals surface area contributed by atoms with Gasteiger partial charge in [0.2, 0.25) is 5.79 Å². The van der Waals surface area contributed by atoms with Crippen molar-refractivity contribution in [2.75, 3.05) is 26.0 Å². The summed E-state index contributed by atoms with van der Waals surface area (Å²) in [6, 6.07) is 9.42. The fourth-order valence-corrected chi connectivity index (χ4v) is 3.32. The van der Waals surface area contributed by atoms with Gasteiger partial charge in [-0.25, -0.2) is 8.42 Å².